The molecule has 1 aliphatic rings. The van der Waals surface area contributed by atoms with Gasteiger partial charge in [0.25, 0.3) is 0 Å². The summed E-state index contributed by atoms with van der Waals surface area (Å²) in [4.78, 5) is 11.4. The van der Waals surface area contributed by atoms with Crippen molar-refractivity contribution in [1.29, 1.82) is 0 Å². The van der Waals surface area contributed by atoms with Crippen LogP contribution in [-0.4, -0.2) is 29.2 Å². The number of rotatable bonds is 3. The first-order valence-electron chi connectivity index (χ1n) is 4.29. The molecule has 4 N–H and O–H groups in total. The lowest BCUT2D eigenvalue weighted by Crippen LogP contribution is -2.60. The van der Waals surface area contributed by atoms with Crippen molar-refractivity contribution in [1.82, 2.24) is 5.32 Å². The van der Waals surface area contributed by atoms with E-state index in [-0.39, 0.29) is 18.6 Å². The van der Waals surface area contributed by atoms with Crippen LogP contribution >= 0.6 is 0 Å². The van der Waals surface area contributed by atoms with Crippen LogP contribution in [0.25, 0.3) is 0 Å². The molecule has 12 heavy (non-hydrogen) atoms. The van der Waals surface area contributed by atoms with Gasteiger partial charge < -0.3 is 16.2 Å². The van der Waals surface area contributed by atoms with E-state index in [9.17, 15) is 4.79 Å². The van der Waals surface area contributed by atoms with Crippen molar-refractivity contribution in [3.05, 3.63) is 0 Å². The molecule has 1 atom stereocenters. The second-order valence-corrected chi connectivity index (χ2v) is 3.57. The molecule has 0 unspecified atom stereocenters. The fraction of sp³-hybridized carbons (Fsp3) is 0.875. The van der Waals surface area contributed by atoms with Gasteiger partial charge in [0.2, 0.25) is 5.91 Å². The van der Waals surface area contributed by atoms with Crippen molar-refractivity contribution >= 4 is 5.91 Å². The number of hydrogen-bond acceptors (Lipinski definition) is 3. The van der Waals surface area contributed by atoms with E-state index < -0.39 is 5.54 Å². The van der Waals surface area contributed by atoms with Crippen LogP contribution in [0.1, 0.15) is 26.2 Å². The maximum Gasteiger partial charge on any atom is 0.240 e. The molecule has 1 rings (SSSR count). The molecule has 0 heterocycles. The molecule has 1 saturated carbocycles. The van der Waals surface area contributed by atoms with E-state index in [1.807, 2.05) is 0 Å². The number of nitrogens with one attached hydrogen (secondary N) is 1. The van der Waals surface area contributed by atoms with Crippen molar-refractivity contribution < 1.29 is 9.90 Å². The van der Waals surface area contributed by atoms with Crippen molar-refractivity contribution in [2.45, 2.75) is 37.8 Å². The zero-order valence-electron chi connectivity index (χ0n) is 7.34. The molecule has 0 radical (unpaired) electrons. The lowest BCUT2D eigenvalue weighted by atomic mass is 9.77. The van der Waals surface area contributed by atoms with Crippen LogP contribution in [0.15, 0.2) is 0 Å². The average Bonchev–Trinajstić information content (AvgIpc) is 1.99. The van der Waals surface area contributed by atoms with E-state index in [0.717, 1.165) is 19.3 Å². The summed E-state index contributed by atoms with van der Waals surface area (Å²) in [6, 6.07) is -0.196. The molecule has 4 nitrogen and oxygen atoms in total. The summed E-state index contributed by atoms with van der Waals surface area (Å²) in [7, 11) is 0. The Balaban J connectivity index is 2.37. The highest BCUT2D eigenvalue weighted by Crippen LogP contribution is 2.29. The van der Waals surface area contributed by atoms with Gasteiger partial charge in [0.1, 0.15) is 0 Å². The highest BCUT2D eigenvalue weighted by atomic mass is 16.3. The lowest BCUT2D eigenvalue weighted by molar-refractivity contribution is -0.130. The van der Waals surface area contributed by atoms with Crippen LogP contribution in [-0.2, 0) is 4.79 Å². The highest BCUT2D eigenvalue weighted by Gasteiger charge is 2.40. The van der Waals surface area contributed by atoms with E-state index in [4.69, 9.17) is 10.8 Å². The third-order valence-electron chi connectivity index (χ3n) is 2.35. The first-order valence-corrected chi connectivity index (χ1v) is 4.29. The summed E-state index contributed by atoms with van der Waals surface area (Å²) in [6.07, 6.45) is 2.55. The first kappa shape index (κ1) is 9.48. The second-order valence-electron chi connectivity index (χ2n) is 3.57. The van der Waals surface area contributed by atoms with E-state index in [1.54, 1.807) is 6.92 Å². The predicted molar refractivity (Wildman–Crippen MR) is 45.5 cm³/mol. The van der Waals surface area contributed by atoms with Gasteiger partial charge in [-0.25, -0.2) is 0 Å². The van der Waals surface area contributed by atoms with Gasteiger partial charge in [-0.2, -0.15) is 0 Å². The zero-order chi connectivity index (χ0) is 9.19. The minimum Gasteiger partial charge on any atom is -0.394 e. The summed E-state index contributed by atoms with van der Waals surface area (Å²) in [5.74, 6) is -0.129. The minimum absolute atomic E-state index is 0.0399. The van der Waals surface area contributed by atoms with E-state index >= 15 is 0 Å². The topological polar surface area (TPSA) is 75.3 Å². The van der Waals surface area contributed by atoms with Crippen molar-refractivity contribution in [3.8, 4) is 0 Å². The maximum atomic E-state index is 11.4. The van der Waals surface area contributed by atoms with E-state index in [0.29, 0.717) is 0 Å². The molecule has 0 aromatic heterocycles. The van der Waals surface area contributed by atoms with Crippen LogP contribution in [0, 0.1) is 0 Å². The first-order chi connectivity index (χ1) is 5.58. The van der Waals surface area contributed by atoms with Gasteiger partial charge >= 0.3 is 0 Å². The standard InChI is InChI=1S/C8H16N2O2/c1-6(5-11)10-7(12)8(9)3-2-4-8/h6,11H,2-5,9H2,1H3,(H,10,12)/t6-/m0/s1. The molecular formula is C8H16N2O2. The Morgan fingerprint density at radius 2 is 2.33 bits per heavy atom. The van der Waals surface area contributed by atoms with Gasteiger partial charge in [-0.3, -0.25) is 4.79 Å². The van der Waals surface area contributed by atoms with Gasteiger partial charge in [0, 0.05) is 6.04 Å². The number of aliphatic hydroxyl groups excluding tert-OH is 1. The van der Waals surface area contributed by atoms with Crippen LogP contribution in [0.3, 0.4) is 0 Å². The van der Waals surface area contributed by atoms with Gasteiger partial charge in [0.15, 0.2) is 0 Å². The molecule has 1 amide bonds. The molecule has 0 spiro atoms. The third-order valence-corrected chi connectivity index (χ3v) is 2.35. The molecule has 0 aliphatic heterocycles. The van der Waals surface area contributed by atoms with Crippen molar-refractivity contribution in [2.24, 2.45) is 5.73 Å². The summed E-state index contributed by atoms with van der Waals surface area (Å²) >= 11 is 0. The Morgan fingerprint density at radius 1 is 1.75 bits per heavy atom. The Labute approximate surface area is 72.1 Å². The molecule has 0 bridgehead atoms. The molecular weight excluding hydrogens is 156 g/mol. The number of nitrogens with two attached hydrogens (primary N) is 1. The Kier molecular flexibility index (Phi) is 2.69. The fourth-order valence-electron chi connectivity index (χ4n) is 1.20. The van der Waals surface area contributed by atoms with Gasteiger partial charge in [-0.1, -0.05) is 0 Å². The quantitative estimate of drug-likeness (QED) is 0.530. The summed E-state index contributed by atoms with van der Waals surface area (Å²) in [5, 5.41) is 11.3. The van der Waals surface area contributed by atoms with Gasteiger partial charge in [-0.05, 0) is 26.2 Å². The number of aliphatic hydroxyl groups is 1. The number of carbonyl (C=O) groups is 1. The van der Waals surface area contributed by atoms with Crippen LogP contribution in [0.2, 0.25) is 0 Å². The summed E-state index contributed by atoms with van der Waals surface area (Å²) in [6.45, 7) is 1.71. The zero-order valence-corrected chi connectivity index (χ0v) is 7.34. The smallest absolute Gasteiger partial charge is 0.240 e. The second kappa shape index (κ2) is 3.41. The molecule has 1 fully saturated rings. The Hall–Kier alpha value is -0.610. The maximum absolute atomic E-state index is 11.4. The molecule has 0 aromatic rings. The Morgan fingerprint density at radius 3 is 2.67 bits per heavy atom. The summed E-state index contributed by atoms with van der Waals surface area (Å²) < 4.78 is 0. The van der Waals surface area contributed by atoms with Gasteiger partial charge in [0.05, 0.1) is 12.1 Å². The SMILES string of the molecule is C[C@@H](CO)NC(=O)C1(N)CCC1. The summed E-state index contributed by atoms with van der Waals surface area (Å²) in [5.41, 5.74) is 5.11. The van der Waals surface area contributed by atoms with Crippen LogP contribution in [0.5, 0.6) is 0 Å². The average molecular weight is 172 g/mol. The molecule has 4 heteroatoms. The monoisotopic (exact) mass is 172 g/mol. The largest absolute Gasteiger partial charge is 0.394 e. The van der Waals surface area contributed by atoms with E-state index in [1.165, 1.54) is 0 Å². The van der Waals surface area contributed by atoms with Crippen LogP contribution < -0.4 is 11.1 Å². The minimum atomic E-state index is -0.649. The van der Waals surface area contributed by atoms with E-state index in [2.05, 4.69) is 5.32 Å². The normalized spacial score (nSPS) is 22.6. The van der Waals surface area contributed by atoms with Crippen molar-refractivity contribution in [2.75, 3.05) is 6.61 Å². The predicted octanol–water partition coefficient (Wildman–Crippen LogP) is -0.635. The third kappa shape index (κ3) is 1.76. The number of amides is 1. The molecule has 1 aliphatic carbocycles. The number of carbonyl (C=O) groups excluding carboxylic acids is 1. The molecule has 0 aromatic carbocycles. The van der Waals surface area contributed by atoms with Crippen molar-refractivity contribution in [3.63, 3.8) is 0 Å². The fourth-order valence-corrected chi connectivity index (χ4v) is 1.20. The molecule has 70 valence electrons. The number of hydrogen-bond donors (Lipinski definition) is 3. The highest BCUT2D eigenvalue weighted by molar-refractivity contribution is 5.87. The lowest BCUT2D eigenvalue weighted by Gasteiger charge is -2.36. The molecule has 0 saturated heterocycles. The van der Waals surface area contributed by atoms with Crippen LogP contribution in [0.4, 0.5) is 0 Å². The Bertz CT molecular complexity index is 178. The van der Waals surface area contributed by atoms with Gasteiger partial charge in [-0.15, -0.1) is 0 Å².